The Morgan fingerprint density at radius 2 is 2.09 bits per heavy atom. The van der Waals surface area contributed by atoms with Crippen molar-refractivity contribution < 1.29 is 14.3 Å². The number of halogens is 1. The van der Waals surface area contributed by atoms with Gasteiger partial charge in [0.15, 0.2) is 0 Å². The zero-order valence-electron chi connectivity index (χ0n) is 13.0. The molecule has 3 atom stereocenters. The second-order valence-electron chi connectivity index (χ2n) is 6.18. The van der Waals surface area contributed by atoms with Crippen molar-refractivity contribution in [1.29, 1.82) is 0 Å². The van der Waals surface area contributed by atoms with Gasteiger partial charge in [-0.1, -0.05) is 43.3 Å². The summed E-state index contributed by atoms with van der Waals surface area (Å²) in [5.74, 6) is -0.517. The van der Waals surface area contributed by atoms with E-state index in [-0.39, 0.29) is 30.1 Å². The Labute approximate surface area is 135 Å². The average molecular weight is 313 g/mol. The van der Waals surface area contributed by atoms with Crippen LogP contribution in [-0.4, -0.2) is 17.1 Å². The van der Waals surface area contributed by atoms with Crippen LogP contribution in [0.4, 0.5) is 4.39 Å². The van der Waals surface area contributed by atoms with Gasteiger partial charge in [0.25, 0.3) is 0 Å². The molecule has 0 saturated heterocycles. The van der Waals surface area contributed by atoms with Gasteiger partial charge in [0.05, 0.1) is 12.1 Å². The van der Waals surface area contributed by atoms with Crippen molar-refractivity contribution >= 4 is 5.91 Å². The van der Waals surface area contributed by atoms with Crippen molar-refractivity contribution in [2.75, 3.05) is 0 Å². The first kappa shape index (κ1) is 15.7. The third-order valence-electron chi connectivity index (χ3n) is 4.43. The molecule has 0 aromatic heterocycles. The number of amides is 1. The largest absolute Gasteiger partial charge is 0.390 e. The minimum atomic E-state index is -0.596. The molecule has 0 aliphatic heterocycles. The molecule has 2 aromatic rings. The van der Waals surface area contributed by atoms with Crippen LogP contribution in [0, 0.1) is 5.82 Å². The number of hydrogen-bond donors (Lipinski definition) is 2. The van der Waals surface area contributed by atoms with Crippen LogP contribution in [0.15, 0.2) is 48.5 Å². The molecule has 23 heavy (non-hydrogen) atoms. The zero-order valence-corrected chi connectivity index (χ0v) is 13.0. The van der Waals surface area contributed by atoms with Crippen LogP contribution in [0.5, 0.6) is 0 Å². The Bertz CT molecular complexity index is 716. The lowest BCUT2D eigenvalue weighted by molar-refractivity contribution is -0.122. The maximum Gasteiger partial charge on any atom is 0.221 e. The number of benzene rings is 2. The summed E-state index contributed by atoms with van der Waals surface area (Å²) >= 11 is 0. The molecule has 0 radical (unpaired) electrons. The molecule has 0 bridgehead atoms. The fourth-order valence-electron chi connectivity index (χ4n) is 3.19. The maximum atomic E-state index is 13.3. The van der Waals surface area contributed by atoms with Gasteiger partial charge >= 0.3 is 0 Å². The molecule has 1 unspecified atom stereocenters. The average Bonchev–Trinajstić information content (AvgIpc) is 2.83. The molecule has 3 rings (SSSR count). The van der Waals surface area contributed by atoms with E-state index >= 15 is 0 Å². The second-order valence-corrected chi connectivity index (χ2v) is 6.18. The minimum Gasteiger partial charge on any atom is -0.390 e. The summed E-state index contributed by atoms with van der Waals surface area (Å²) in [6, 6.07) is 13.7. The minimum absolute atomic E-state index is 0.0838. The van der Waals surface area contributed by atoms with Crippen LogP contribution in [0.1, 0.15) is 42.0 Å². The molecule has 4 heteroatoms. The quantitative estimate of drug-likeness (QED) is 0.911. The Balaban J connectivity index is 1.66. The molecule has 0 spiro atoms. The first-order valence-corrected chi connectivity index (χ1v) is 7.85. The third kappa shape index (κ3) is 3.42. The van der Waals surface area contributed by atoms with E-state index in [1.807, 2.05) is 37.3 Å². The Morgan fingerprint density at radius 3 is 2.87 bits per heavy atom. The standard InChI is InChI=1S/C19H20FNO2/c1-12(13-6-4-7-15(20)10-13)9-18(23)21-19-16-8-3-2-5-14(16)11-17(19)22/h2-8,10,12,17,19,22H,9,11H2,1H3,(H,21,23)/t12?,17-,19+/m1/s1. The number of aliphatic hydroxyl groups excluding tert-OH is 1. The Kier molecular flexibility index (Phi) is 4.44. The molecular weight excluding hydrogens is 293 g/mol. The number of aliphatic hydroxyl groups is 1. The van der Waals surface area contributed by atoms with Crippen LogP contribution >= 0.6 is 0 Å². The van der Waals surface area contributed by atoms with Crippen molar-refractivity contribution in [3.05, 3.63) is 71.0 Å². The highest BCUT2D eigenvalue weighted by Crippen LogP contribution is 2.31. The molecule has 1 aliphatic carbocycles. The molecule has 2 N–H and O–H groups in total. The van der Waals surface area contributed by atoms with Crippen molar-refractivity contribution in [1.82, 2.24) is 5.32 Å². The molecular formula is C19H20FNO2. The van der Waals surface area contributed by atoms with E-state index in [1.165, 1.54) is 12.1 Å². The number of carbonyl (C=O) groups excluding carboxylic acids is 1. The molecule has 120 valence electrons. The summed E-state index contributed by atoms with van der Waals surface area (Å²) in [4.78, 5) is 12.3. The highest BCUT2D eigenvalue weighted by molar-refractivity contribution is 5.77. The van der Waals surface area contributed by atoms with Gasteiger partial charge in [-0.25, -0.2) is 4.39 Å². The fraction of sp³-hybridized carbons (Fsp3) is 0.316. The lowest BCUT2D eigenvalue weighted by atomic mass is 9.97. The number of fused-ring (bicyclic) bond motifs is 1. The van der Waals surface area contributed by atoms with Crippen LogP contribution in [0.3, 0.4) is 0 Å². The molecule has 0 fully saturated rings. The molecule has 0 saturated carbocycles. The van der Waals surface area contributed by atoms with E-state index in [1.54, 1.807) is 6.07 Å². The van der Waals surface area contributed by atoms with E-state index in [0.717, 1.165) is 16.7 Å². The summed E-state index contributed by atoms with van der Waals surface area (Å²) < 4.78 is 13.3. The van der Waals surface area contributed by atoms with Crippen LogP contribution in [-0.2, 0) is 11.2 Å². The van der Waals surface area contributed by atoms with Gasteiger partial charge in [0.1, 0.15) is 5.82 Å². The van der Waals surface area contributed by atoms with Crippen molar-refractivity contribution in [2.24, 2.45) is 0 Å². The first-order chi connectivity index (χ1) is 11.0. The molecule has 1 amide bonds. The lowest BCUT2D eigenvalue weighted by Gasteiger charge is -2.19. The van der Waals surface area contributed by atoms with Gasteiger partial charge < -0.3 is 10.4 Å². The molecule has 2 aromatic carbocycles. The normalized spacial score (nSPS) is 20.8. The second kappa shape index (κ2) is 6.50. The number of hydrogen-bond acceptors (Lipinski definition) is 2. The topological polar surface area (TPSA) is 49.3 Å². The monoisotopic (exact) mass is 313 g/mol. The van der Waals surface area contributed by atoms with Crippen LogP contribution in [0.25, 0.3) is 0 Å². The molecule has 0 heterocycles. The third-order valence-corrected chi connectivity index (χ3v) is 4.43. The van der Waals surface area contributed by atoms with E-state index in [9.17, 15) is 14.3 Å². The number of rotatable bonds is 4. The van der Waals surface area contributed by atoms with Gasteiger partial charge in [-0.2, -0.15) is 0 Å². The summed E-state index contributed by atoms with van der Waals surface area (Å²) in [5.41, 5.74) is 2.85. The predicted octanol–water partition coefficient (Wildman–Crippen LogP) is 3.09. The fourth-order valence-corrected chi connectivity index (χ4v) is 3.19. The lowest BCUT2D eigenvalue weighted by Crippen LogP contribution is -2.34. The Hall–Kier alpha value is -2.20. The zero-order chi connectivity index (χ0) is 16.4. The number of carbonyl (C=O) groups is 1. The van der Waals surface area contributed by atoms with Gasteiger partial charge in [0.2, 0.25) is 5.91 Å². The van der Waals surface area contributed by atoms with Gasteiger partial charge in [-0.15, -0.1) is 0 Å². The smallest absolute Gasteiger partial charge is 0.221 e. The highest BCUT2D eigenvalue weighted by Gasteiger charge is 2.32. The van der Waals surface area contributed by atoms with Crippen LogP contribution in [0.2, 0.25) is 0 Å². The van der Waals surface area contributed by atoms with Crippen molar-refractivity contribution in [3.8, 4) is 0 Å². The SMILES string of the molecule is CC(CC(=O)N[C@H]1c2ccccc2C[C@H]1O)c1cccc(F)c1. The van der Waals surface area contributed by atoms with E-state index in [4.69, 9.17) is 0 Å². The first-order valence-electron chi connectivity index (χ1n) is 7.85. The van der Waals surface area contributed by atoms with Crippen molar-refractivity contribution in [3.63, 3.8) is 0 Å². The molecule has 3 nitrogen and oxygen atoms in total. The number of nitrogens with one attached hydrogen (secondary N) is 1. The van der Waals surface area contributed by atoms with E-state index in [2.05, 4.69) is 5.32 Å². The van der Waals surface area contributed by atoms with Gasteiger partial charge in [-0.05, 0) is 34.7 Å². The van der Waals surface area contributed by atoms with Crippen molar-refractivity contribution in [2.45, 2.75) is 37.8 Å². The maximum absolute atomic E-state index is 13.3. The summed E-state index contributed by atoms with van der Waals surface area (Å²) in [6.45, 7) is 1.90. The van der Waals surface area contributed by atoms with E-state index < -0.39 is 6.10 Å². The highest BCUT2D eigenvalue weighted by atomic mass is 19.1. The summed E-state index contributed by atoms with van der Waals surface area (Å²) in [5, 5.41) is 13.1. The molecule has 1 aliphatic rings. The van der Waals surface area contributed by atoms with Gasteiger partial charge in [0, 0.05) is 12.8 Å². The van der Waals surface area contributed by atoms with Crippen LogP contribution < -0.4 is 5.32 Å². The van der Waals surface area contributed by atoms with E-state index in [0.29, 0.717) is 6.42 Å². The summed E-state index contributed by atoms with van der Waals surface area (Å²) in [6.07, 6.45) is 0.218. The Morgan fingerprint density at radius 1 is 1.30 bits per heavy atom. The summed E-state index contributed by atoms with van der Waals surface area (Å²) in [7, 11) is 0. The predicted molar refractivity (Wildman–Crippen MR) is 86.5 cm³/mol. The van der Waals surface area contributed by atoms with Gasteiger partial charge in [-0.3, -0.25) is 4.79 Å².